The minimum atomic E-state index is -4.44. The predicted octanol–water partition coefficient (Wildman–Crippen LogP) is 4.04. The molecule has 0 N–H and O–H groups in total. The summed E-state index contributed by atoms with van der Waals surface area (Å²) in [6.45, 7) is 0.834. The van der Waals surface area contributed by atoms with E-state index in [1.165, 1.54) is 0 Å². The third kappa shape index (κ3) is 2.85. The molecule has 0 amide bonds. The van der Waals surface area contributed by atoms with Gasteiger partial charge in [0.25, 0.3) is 0 Å². The maximum Gasteiger partial charge on any atom is 0.434 e. The van der Waals surface area contributed by atoms with Gasteiger partial charge in [0.05, 0.1) is 19.3 Å². The summed E-state index contributed by atoms with van der Waals surface area (Å²) in [5, 5.41) is 0.700. The average molecular weight is 361 g/mol. The first-order valence-corrected chi connectivity index (χ1v) is 7.50. The van der Waals surface area contributed by atoms with E-state index in [9.17, 15) is 13.2 Å². The second-order valence-electron chi connectivity index (χ2n) is 4.88. The van der Waals surface area contributed by atoms with Crippen molar-refractivity contribution < 1.29 is 17.9 Å². The topological polar surface area (TPSA) is 27.1 Å². The van der Waals surface area contributed by atoms with Crippen LogP contribution in [0.1, 0.15) is 17.3 Å². The van der Waals surface area contributed by atoms with Gasteiger partial charge in [-0.1, -0.05) is 40.2 Å². The molecule has 112 valence electrons. The van der Waals surface area contributed by atoms with Crippen LogP contribution in [0.3, 0.4) is 0 Å². The fraction of sp³-hybridized carbons (Fsp3) is 0.357. The van der Waals surface area contributed by atoms with E-state index in [4.69, 9.17) is 4.74 Å². The molecular formula is C14H12BrF3N2O. The summed E-state index contributed by atoms with van der Waals surface area (Å²) in [5.41, 5.74) is 0.857. The Morgan fingerprint density at radius 3 is 2.38 bits per heavy atom. The van der Waals surface area contributed by atoms with E-state index in [1.807, 2.05) is 12.1 Å². The maximum atomic E-state index is 12.9. The molecule has 0 atom stereocenters. The van der Waals surface area contributed by atoms with Crippen molar-refractivity contribution in [2.24, 2.45) is 0 Å². The summed E-state index contributed by atoms with van der Waals surface area (Å²) in [4.78, 5) is 3.78. The summed E-state index contributed by atoms with van der Waals surface area (Å²) < 4.78 is 45.3. The number of nitrogens with zero attached hydrogens (tertiary/aromatic N) is 2. The Balaban J connectivity index is 2.04. The van der Waals surface area contributed by atoms with Gasteiger partial charge in [-0.3, -0.25) is 0 Å². The van der Waals surface area contributed by atoms with Gasteiger partial charge in [0.2, 0.25) is 0 Å². The minimum absolute atomic E-state index is 0.0838. The molecule has 7 heteroatoms. The van der Waals surface area contributed by atoms with Crippen molar-refractivity contribution >= 4 is 15.9 Å². The fourth-order valence-electron chi connectivity index (χ4n) is 2.15. The van der Waals surface area contributed by atoms with Gasteiger partial charge in [-0.15, -0.1) is 0 Å². The van der Waals surface area contributed by atoms with Crippen molar-refractivity contribution in [2.75, 3.05) is 13.2 Å². The van der Waals surface area contributed by atoms with Gasteiger partial charge in [-0.2, -0.15) is 13.2 Å². The molecule has 2 heterocycles. The lowest BCUT2D eigenvalue weighted by Gasteiger charge is -2.28. The molecular weight excluding hydrogens is 349 g/mol. The molecule has 21 heavy (non-hydrogen) atoms. The van der Waals surface area contributed by atoms with Crippen molar-refractivity contribution in [1.82, 2.24) is 9.55 Å². The van der Waals surface area contributed by atoms with Crippen LogP contribution in [0.25, 0.3) is 11.4 Å². The van der Waals surface area contributed by atoms with Crippen molar-refractivity contribution in [2.45, 2.75) is 17.5 Å². The minimum Gasteiger partial charge on any atom is -0.377 e. The molecule has 2 aromatic rings. The number of hydrogen-bond donors (Lipinski definition) is 0. The molecule has 1 fully saturated rings. The van der Waals surface area contributed by atoms with Gasteiger partial charge in [0, 0.05) is 17.1 Å². The molecule has 1 saturated heterocycles. The molecule has 1 aliphatic rings. The van der Waals surface area contributed by atoms with E-state index in [2.05, 4.69) is 20.9 Å². The number of halogens is 4. The summed E-state index contributed by atoms with van der Waals surface area (Å²) in [6, 6.07) is 7.23. The largest absolute Gasteiger partial charge is 0.434 e. The first-order valence-electron chi connectivity index (χ1n) is 6.38. The molecule has 3 nitrogen and oxygen atoms in total. The van der Waals surface area contributed by atoms with E-state index in [0.717, 1.165) is 11.8 Å². The van der Waals surface area contributed by atoms with E-state index < -0.39 is 11.9 Å². The predicted molar refractivity (Wildman–Crippen MR) is 75.2 cm³/mol. The van der Waals surface area contributed by atoms with Crippen molar-refractivity contribution in [3.63, 3.8) is 0 Å². The second kappa shape index (κ2) is 5.46. The number of alkyl halides is 4. The fourth-order valence-corrected chi connectivity index (χ4v) is 2.52. The third-order valence-electron chi connectivity index (χ3n) is 3.40. The monoisotopic (exact) mass is 360 g/mol. The number of hydrogen-bond acceptors (Lipinski definition) is 2. The number of ether oxygens (including phenoxy) is 1. The number of rotatable bonds is 3. The number of benzene rings is 1. The lowest BCUT2D eigenvalue weighted by molar-refractivity contribution is -0.141. The van der Waals surface area contributed by atoms with Gasteiger partial charge >= 0.3 is 6.18 Å². The summed E-state index contributed by atoms with van der Waals surface area (Å²) >= 11 is 3.34. The van der Waals surface area contributed by atoms with Crippen LogP contribution in [0, 0.1) is 0 Å². The number of aromatic nitrogens is 2. The van der Waals surface area contributed by atoms with Gasteiger partial charge in [0.15, 0.2) is 5.69 Å². The van der Waals surface area contributed by atoms with Crippen molar-refractivity contribution in [1.29, 1.82) is 0 Å². The standard InChI is InChI=1S/C14H12BrF3N2O/c15-5-9-1-3-10(4-2-9)13-19-12(14(16,17)18)6-20(13)11-7-21-8-11/h1-4,6,11H,5,7-8H2. The number of imidazole rings is 1. The third-order valence-corrected chi connectivity index (χ3v) is 4.05. The van der Waals surface area contributed by atoms with E-state index in [1.54, 1.807) is 16.7 Å². The van der Waals surface area contributed by atoms with E-state index >= 15 is 0 Å². The van der Waals surface area contributed by atoms with Crippen LogP contribution in [0.2, 0.25) is 0 Å². The highest BCUT2D eigenvalue weighted by atomic mass is 79.9. The molecule has 0 spiro atoms. The molecule has 1 aliphatic heterocycles. The Morgan fingerprint density at radius 1 is 1.24 bits per heavy atom. The molecule has 3 rings (SSSR count). The van der Waals surface area contributed by atoms with Crippen LogP contribution in [0.5, 0.6) is 0 Å². The van der Waals surface area contributed by atoms with Crippen molar-refractivity contribution in [3.8, 4) is 11.4 Å². The van der Waals surface area contributed by atoms with Crippen LogP contribution >= 0.6 is 15.9 Å². The highest BCUT2D eigenvalue weighted by Gasteiger charge is 2.36. The lowest BCUT2D eigenvalue weighted by atomic mass is 10.1. The van der Waals surface area contributed by atoms with E-state index in [-0.39, 0.29) is 6.04 Å². The van der Waals surface area contributed by atoms with Gasteiger partial charge in [0.1, 0.15) is 5.82 Å². The smallest absolute Gasteiger partial charge is 0.377 e. The lowest BCUT2D eigenvalue weighted by Crippen LogP contribution is -2.30. The molecule has 1 aromatic heterocycles. The highest BCUT2D eigenvalue weighted by Crippen LogP contribution is 2.34. The molecule has 0 radical (unpaired) electrons. The Hall–Kier alpha value is -1.34. The Kier molecular flexibility index (Phi) is 3.79. The van der Waals surface area contributed by atoms with Gasteiger partial charge in [-0.05, 0) is 5.56 Å². The summed E-state index contributed by atoms with van der Waals surface area (Å²) in [7, 11) is 0. The summed E-state index contributed by atoms with van der Waals surface area (Å²) in [6.07, 6.45) is -3.37. The first kappa shape index (κ1) is 14.6. The quantitative estimate of drug-likeness (QED) is 0.772. The zero-order valence-electron chi connectivity index (χ0n) is 10.9. The first-order chi connectivity index (χ1) is 9.99. The van der Waals surface area contributed by atoms with Crippen LogP contribution in [-0.2, 0) is 16.2 Å². The maximum absolute atomic E-state index is 12.9. The molecule has 1 aromatic carbocycles. The SMILES string of the molecule is FC(F)(F)c1cn(C2COC2)c(-c2ccc(CBr)cc2)n1. The van der Waals surface area contributed by atoms with E-state index in [0.29, 0.717) is 29.9 Å². The van der Waals surface area contributed by atoms with Crippen LogP contribution in [0.4, 0.5) is 13.2 Å². The van der Waals surface area contributed by atoms with Crippen molar-refractivity contribution in [3.05, 3.63) is 41.7 Å². The van der Waals surface area contributed by atoms with Crippen LogP contribution in [-0.4, -0.2) is 22.8 Å². The normalized spacial score (nSPS) is 16.0. The van der Waals surface area contributed by atoms with Gasteiger partial charge in [-0.25, -0.2) is 4.98 Å². The molecule has 0 aliphatic carbocycles. The zero-order chi connectivity index (χ0) is 15.0. The molecule has 0 saturated carbocycles. The Morgan fingerprint density at radius 2 is 1.90 bits per heavy atom. The summed E-state index contributed by atoms with van der Waals surface area (Å²) in [5.74, 6) is 0.330. The average Bonchev–Trinajstić information content (AvgIpc) is 2.81. The van der Waals surface area contributed by atoms with Gasteiger partial charge < -0.3 is 9.30 Å². The molecule has 0 bridgehead atoms. The Labute approximate surface area is 127 Å². The second-order valence-corrected chi connectivity index (χ2v) is 5.44. The molecule has 0 unspecified atom stereocenters. The van der Waals surface area contributed by atoms with Crippen LogP contribution < -0.4 is 0 Å². The van der Waals surface area contributed by atoms with Crippen LogP contribution in [0.15, 0.2) is 30.5 Å². The zero-order valence-corrected chi connectivity index (χ0v) is 12.5. The highest BCUT2D eigenvalue weighted by molar-refractivity contribution is 9.08. The Bertz CT molecular complexity index is 633.